The Labute approximate surface area is 221 Å². The Balaban J connectivity index is 2.93. The Morgan fingerprint density at radius 2 is 1.00 bits per heavy atom. The molecule has 12 heteroatoms. The van der Waals surface area contributed by atoms with Gasteiger partial charge in [-0.2, -0.15) is 0 Å². The zero-order valence-corrected chi connectivity index (χ0v) is 22.6. The second-order valence-corrected chi connectivity index (χ2v) is 9.91. The van der Waals surface area contributed by atoms with Crippen molar-refractivity contribution < 1.29 is 34.8 Å². The summed E-state index contributed by atoms with van der Waals surface area (Å²) in [7, 11) is 0. The number of aliphatic carboxylic acids is 3. The van der Waals surface area contributed by atoms with Gasteiger partial charge >= 0.3 is 0 Å². The van der Waals surface area contributed by atoms with Crippen LogP contribution in [0.5, 0.6) is 0 Å². The fraction of sp³-hybridized carbons (Fsp3) is 0.880. The Kier molecular flexibility index (Phi) is 17.3. The van der Waals surface area contributed by atoms with Gasteiger partial charge in [0, 0.05) is 85.1 Å². The lowest BCUT2D eigenvalue weighted by molar-refractivity contribution is -0.308. The summed E-state index contributed by atoms with van der Waals surface area (Å²) >= 11 is 0. The van der Waals surface area contributed by atoms with E-state index in [1.165, 1.54) is 0 Å². The van der Waals surface area contributed by atoms with Gasteiger partial charge in [0.25, 0.3) is 0 Å². The molecular weight excluding hydrogens is 482 g/mol. The third-order valence-electron chi connectivity index (χ3n) is 6.58. The highest BCUT2D eigenvalue weighted by Gasteiger charge is 2.20. The number of nitrogens with zero attached hydrogens (tertiary/aromatic N) is 5. The van der Waals surface area contributed by atoms with Crippen molar-refractivity contribution in [2.75, 3.05) is 98.2 Å². The summed E-state index contributed by atoms with van der Waals surface area (Å²) in [5.41, 5.74) is 0. The first-order valence-electron chi connectivity index (χ1n) is 13.5. The largest absolute Gasteiger partial charge is 0.549 e. The maximum atomic E-state index is 11.3. The minimum Gasteiger partial charge on any atom is -0.549 e. The first kappa shape index (κ1) is 33.2. The van der Waals surface area contributed by atoms with Crippen LogP contribution in [0.3, 0.4) is 0 Å². The van der Waals surface area contributed by atoms with Gasteiger partial charge < -0.3 is 39.7 Å². The smallest absolute Gasteiger partial charge is 0.0793 e. The molecule has 1 aliphatic heterocycles. The molecule has 0 amide bonds. The maximum absolute atomic E-state index is 11.3. The summed E-state index contributed by atoms with van der Waals surface area (Å²) in [6.45, 7) is 9.03. The van der Waals surface area contributed by atoms with Gasteiger partial charge in [-0.1, -0.05) is 26.7 Å². The highest BCUT2D eigenvalue weighted by molar-refractivity contribution is 5.67. The van der Waals surface area contributed by atoms with E-state index in [1.54, 1.807) is 14.7 Å². The summed E-state index contributed by atoms with van der Waals surface area (Å²) in [5.74, 6) is -3.68. The molecule has 0 aromatic rings. The van der Waals surface area contributed by atoms with E-state index < -0.39 is 24.0 Å². The van der Waals surface area contributed by atoms with Crippen molar-refractivity contribution in [3.8, 4) is 0 Å². The first-order chi connectivity index (χ1) is 17.6. The van der Waals surface area contributed by atoms with Crippen molar-refractivity contribution in [2.24, 2.45) is 0 Å². The predicted octanol–water partition coefficient (Wildman–Crippen LogP) is -4.28. The molecule has 0 aliphatic carbocycles. The number of carbonyl (C=O) groups excluding carboxylic acids is 3. The molecule has 0 aromatic heterocycles. The molecule has 0 bridgehead atoms. The monoisotopic (exact) mass is 528 g/mol. The Bertz CT molecular complexity index is 629. The van der Waals surface area contributed by atoms with Crippen LogP contribution in [0.4, 0.5) is 0 Å². The molecule has 0 radical (unpaired) electrons. The van der Waals surface area contributed by atoms with Crippen LogP contribution < -0.4 is 15.3 Å². The van der Waals surface area contributed by atoms with Crippen molar-refractivity contribution >= 4 is 17.9 Å². The lowest BCUT2D eigenvalue weighted by Crippen LogP contribution is -2.52. The minimum atomic E-state index is -1.25. The zero-order valence-electron chi connectivity index (χ0n) is 22.6. The molecule has 1 atom stereocenters. The highest BCUT2D eigenvalue weighted by atomic mass is 16.4. The van der Waals surface area contributed by atoms with Gasteiger partial charge in [-0.15, -0.1) is 0 Å². The van der Waals surface area contributed by atoms with Crippen molar-refractivity contribution in [1.82, 2.24) is 24.5 Å². The van der Waals surface area contributed by atoms with Gasteiger partial charge in [-0.3, -0.25) is 19.6 Å². The Hall–Kier alpha value is -1.83. The fourth-order valence-corrected chi connectivity index (χ4v) is 4.49. The topological polar surface area (TPSA) is 157 Å². The van der Waals surface area contributed by atoms with Crippen molar-refractivity contribution in [2.45, 2.75) is 45.6 Å². The van der Waals surface area contributed by atoms with Gasteiger partial charge in [0.2, 0.25) is 0 Å². The van der Waals surface area contributed by atoms with Crippen LogP contribution >= 0.6 is 0 Å². The zero-order chi connectivity index (χ0) is 27.6. The molecule has 0 aromatic carbocycles. The van der Waals surface area contributed by atoms with Crippen LogP contribution in [0.1, 0.15) is 39.5 Å². The van der Waals surface area contributed by atoms with Crippen molar-refractivity contribution in [3.05, 3.63) is 0 Å². The number of aliphatic hydroxyl groups is 1. The molecule has 1 rings (SSSR count). The minimum absolute atomic E-state index is 0.284. The van der Waals surface area contributed by atoms with Gasteiger partial charge in [0.15, 0.2) is 0 Å². The van der Waals surface area contributed by atoms with Crippen LogP contribution in [-0.2, 0) is 14.4 Å². The summed E-state index contributed by atoms with van der Waals surface area (Å²) in [6.07, 6.45) is 3.67. The first-order valence-corrected chi connectivity index (χ1v) is 13.5. The molecule has 12 nitrogen and oxygen atoms in total. The quantitative estimate of drug-likeness (QED) is 0.206. The number of carboxylic acid groups (broad SMARTS) is 3. The van der Waals surface area contributed by atoms with E-state index in [4.69, 9.17) is 0 Å². The fourth-order valence-electron chi connectivity index (χ4n) is 4.49. The number of unbranched alkanes of at least 4 members (excludes halogenated alkanes) is 2. The summed E-state index contributed by atoms with van der Waals surface area (Å²) < 4.78 is 0. The lowest BCUT2D eigenvalue weighted by atomic mass is 10.2. The number of β-amino-alcohol motifs (C(OH)–C–C–N with tert-alkyl or cyclic N) is 1. The number of hydrogen-bond acceptors (Lipinski definition) is 12. The lowest BCUT2D eigenvalue weighted by Gasteiger charge is -2.35. The third kappa shape index (κ3) is 16.6. The SMILES string of the molecule is CCCCN(CCCC)CC(O)CN1CCN(CC(=O)[O-])CCN(CC(=O)[O-])CCN(CC(=O)[O-])CC1. The Morgan fingerprint density at radius 3 is 1.30 bits per heavy atom. The van der Waals surface area contributed by atoms with Crippen molar-refractivity contribution in [1.29, 1.82) is 0 Å². The Morgan fingerprint density at radius 1 is 0.676 bits per heavy atom. The molecule has 216 valence electrons. The van der Waals surface area contributed by atoms with E-state index in [9.17, 15) is 34.8 Å². The molecule has 1 N–H and O–H groups in total. The molecule has 1 aliphatic rings. The van der Waals surface area contributed by atoms with E-state index in [1.807, 2.05) is 4.90 Å². The van der Waals surface area contributed by atoms with E-state index >= 15 is 0 Å². The predicted molar refractivity (Wildman–Crippen MR) is 133 cm³/mol. The molecular formula is C25H46N5O7-3. The van der Waals surface area contributed by atoms with Gasteiger partial charge in [0.05, 0.1) is 24.0 Å². The molecule has 37 heavy (non-hydrogen) atoms. The van der Waals surface area contributed by atoms with Crippen LogP contribution in [0.25, 0.3) is 0 Å². The molecule has 1 heterocycles. The molecule has 1 saturated heterocycles. The number of carboxylic acids is 3. The van der Waals surface area contributed by atoms with E-state index in [0.717, 1.165) is 38.8 Å². The van der Waals surface area contributed by atoms with Gasteiger partial charge in [-0.05, 0) is 25.9 Å². The van der Waals surface area contributed by atoms with E-state index in [-0.39, 0.29) is 32.7 Å². The molecule has 1 unspecified atom stereocenters. The number of carbonyl (C=O) groups is 3. The van der Waals surface area contributed by atoms with Gasteiger partial charge in [0.1, 0.15) is 0 Å². The standard InChI is InChI=1S/C25H49N5O7/c1-3-5-7-26(8-6-4-2)17-22(31)18-27-9-11-28(19-23(32)33)13-15-30(21-25(36)37)16-14-29(12-10-27)20-24(34)35/h22,31H,3-21H2,1-2H3,(H,32,33)(H,34,35)(H,36,37)/p-3. The van der Waals surface area contributed by atoms with Crippen molar-refractivity contribution in [3.63, 3.8) is 0 Å². The highest BCUT2D eigenvalue weighted by Crippen LogP contribution is 2.05. The van der Waals surface area contributed by atoms with E-state index in [0.29, 0.717) is 52.4 Å². The summed E-state index contributed by atoms with van der Waals surface area (Å²) in [5, 5.41) is 44.7. The molecule has 1 fully saturated rings. The second kappa shape index (κ2) is 19.3. The number of hydrogen-bond donors (Lipinski definition) is 1. The number of rotatable bonds is 16. The average Bonchev–Trinajstić information content (AvgIpc) is 2.81. The van der Waals surface area contributed by atoms with E-state index in [2.05, 4.69) is 18.7 Å². The van der Waals surface area contributed by atoms with Crippen LogP contribution in [0.15, 0.2) is 0 Å². The average molecular weight is 529 g/mol. The third-order valence-corrected chi connectivity index (χ3v) is 6.58. The maximum Gasteiger partial charge on any atom is 0.0793 e. The van der Waals surface area contributed by atoms with Crippen LogP contribution in [-0.4, -0.2) is 152 Å². The van der Waals surface area contributed by atoms with Crippen LogP contribution in [0.2, 0.25) is 0 Å². The second-order valence-electron chi connectivity index (χ2n) is 9.91. The number of aliphatic hydroxyl groups excluding tert-OH is 1. The molecule has 0 saturated carbocycles. The normalized spacial score (nSPS) is 18.8. The van der Waals surface area contributed by atoms with Gasteiger partial charge in [-0.25, -0.2) is 0 Å². The molecule has 0 spiro atoms. The summed E-state index contributed by atoms with van der Waals surface area (Å²) in [4.78, 5) is 43.1. The van der Waals surface area contributed by atoms with Crippen LogP contribution in [0, 0.1) is 0 Å². The summed E-state index contributed by atoms with van der Waals surface area (Å²) in [6, 6.07) is 0.